The van der Waals surface area contributed by atoms with Crippen molar-refractivity contribution in [2.75, 3.05) is 61.8 Å². The molecule has 0 radical (unpaired) electrons. The van der Waals surface area contributed by atoms with Crippen molar-refractivity contribution in [3.05, 3.63) is 102 Å². The maximum atomic E-state index is 13.6. The zero-order chi connectivity index (χ0) is 34.7. The average Bonchev–Trinajstić information content (AvgIpc) is 3.59. The van der Waals surface area contributed by atoms with Crippen LogP contribution in [-0.2, 0) is 30.4 Å². The number of methoxy groups -OCH3 is 2. The van der Waals surface area contributed by atoms with Gasteiger partial charge in [0.15, 0.2) is 0 Å². The van der Waals surface area contributed by atoms with Crippen molar-refractivity contribution in [2.24, 2.45) is 0 Å². The van der Waals surface area contributed by atoms with Gasteiger partial charge in [0, 0.05) is 62.4 Å². The summed E-state index contributed by atoms with van der Waals surface area (Å²) in [6, 6.07) is 16.8. The second-order valence-electron chi connectivity index (χ2n) is 11.9. The molecule has 0 unspecified atom stereocenters. The van der Waals surface area contributed by atoms with Crippen LogP contribution in [0.25, 0.3) is 11.3 Å². The molecule has 5 aromatic rings. The van der Waals surface area contributed by atoms with E-state index in [9.17, 15) is 13.2 Å². The van der Waals surface area contributed by atoms with Crippen LogP contribution in [0, 0.1) is 0 Å². The minimum absolute atomic E-state index is 0.315. The average molecular weight is 685 g/mol. The standard InChI is InChI=1S/C36H35F3N8O3/c1-48-29-7-3-24(4-8-29)22-46(23-25-5-9-30(49-2)10-6-25)34-41-18-26(19-42-34)32-31-11-12-47(28-17-27(20-40-21-28)36(37,38)39)33(31)44-35(43-32)45-13-15-50-16-14-45/h3-10,17-21H,11-16,22-23H2,1-2H3. The number of benzene rings is 2. The van der Waals surface area contributed by atoms with E-state index in [1.165, 1.54) is 6.20 Å². The summed E-state index contributed by atoms with van der Waals surface area (Å²) in [5.74, 6) is 3.08. The number of morpholine rings is 1. The summed E-state index contributed by atoms with van der Waals surface area (Å²) >= 11 is 0. The molecule has 5 heterocycles. The normalized spacial score (nSPS) is 14.4. The van der Waals surface area contributed by atoms with E-state index in [2.05, 4.69) is 9.88 Å². The molecular formula is C36H35F3N8O3. The topological polar surface area (TPSA) is 102 Å². The summed E-state index contributed by atoms with van der Waals surface area (Å²) in [4.78, 5) is 29.3. The van der Waals surface area contributed by atoms with Crippen LogP contribution in [-0.4, -0.2) is 72.0 Å². The van der Waals surface area contributed by atoms with Crippen molar-refractivity contribution in [3.63, 3.8) is 0 Å². The van der Waals surface area contributed by atoms with Crippen LogP contribution in [0.4, 0.5) is 36.6 Å². The highest BCUT2D eigenvalue weighted by atomic mass is 19.4. The van der Waals surface area contributed by atoms with Gasteiger partial charge >= 0.3 is 6.18 Å². The number of nitrogens with zero attached hydrogens (tertiary/aromatic N) is 8. The van der Waals surface area contributed by atoms with Crippen LogP contribution in [0.15, 0.2) is 79.4 Å². The Hall–Kier alpha value is -5.50. The first-order valence-corrected chi connectivity index (χ1v) is 16.2. The van der Waals surface area contributed by atoms with Gasteiger partial charge in [0.1, 0.15) is 17.3 Å². The van der Waals surface area contributed by atoms with Gasteiger partial charge < -0.3 is 28.9 Å². The number of fused-ring (bicyclic) bond motifs is 1. The molecule has 3 aromatic heterocycles. The number of halogens is 3. The van der Waals surface area contributed by atoms with Crippen molar-refractivity contribution in [1.29, 1.82) is 0 Å². The highest BCUT2D eigenvalue weighted by Gasteiger charge is 2.34. The SMILES string of the molecule is COc1ccc(CN(Cc2ccc(OC)cc2)c2ncc(-c3nc(N4CCOCC4)nc4c3CCN4c3cncc(C(F)(F)F)c3)cn2)cc1. The molecule has 0 N–H and O–H groups in total. The van der Waals surface area contributed by atoms with E-state index < -0.39 is 11.7 Å². The van der Waals surface area contributed by atoms with E-state index in [0.29, 0.717) is 87.0 Å². The molecule has 2 aromatic carbocycles. The first-order chi connectivity index (χ1) is 24.3. The van der Waals surface area contributed by atoms with Crippen molar-refractivity contribution >= 4 is 23.4 Å². The van der Waals surface area contributed by atoms with Crippen molar-refractivity contribution in [3.8, 4) is 22.8 Å². The van der Waals surface area contributed by atoms with Crippen LogP contribution in [0.1, 0.15) is 22.3 Å². The summed E-state index contributed by atoms with van der Waals surface area (Å²) in [7, 11) is 3.27. The number of aromatic nitrogens is 5. The van der Waals surface area contributed by atoms with Crippen LogP contribution in [0.3, 0.4) is 0 Å². The molecule has 1 fully saturated rings. The highest BCUT2D eigenvalue weighted by Crippen LogP contribution is 2.40. The van der Waals surface area contributed by atoms with Crippen LogP contribution in [0.2, 0.25) is 0 Å². The van der Waals surface area contributed by atoms with Gasteiger partial charge in [0.25, 0.3) is 0 Å². The molecule has 258 valence electrons. The van der Waals surface area contributed by atoms with Gasteiger partial charge in [-0.1, -0.05) is 24.3 Å². The van der Waals surface area contributed by atoms with Gasteiger partial charge in [-0.3, -0.25) is 4.98 Å². The van der Waals surface area contributed by atoms with E-state index in [1.54, 1.807) is 31.5 Å². The third-order valence-corrected chi connectivity index (χ3v) is 8.73. The molecule has 0 bridgehead atoms. The summed E-state index contributed by atoms with van der Waals surface area (Å²) in [5, 5.41) is 0. The van der Waals surface area contributed by atoms with Crippen LogP contribution < -0.4 is 24.2 Å². The maximum absolute atomic E-state index is 13.6. The summed E-state index contributed by atoms with van der Waals surface area (Å²) in [6.45, 7) is 3.72. The maximum Gasteiger partial charge on any atom is 0.417 e. The van der Waals surface area contributed by atoms with Gasteiger partial charge in [0.05, 0.1) is 50.6 Å². The Balaban J connectivity index is 1.24. The van der Waals surface area contributed by atoms with Crippen LogP contribution >= 0.6 is 0 Å². The van der Waals surface area contributed by atoms with E-state index in [1.807, 2.05) is 53.4 Å². The molecule has 0 amide bonds. The highest BCUT2D eigenvalue weighted by molar-refractivity contribution is 5.76. The van der Waals surface area contributed by atoms with Crippen LogP contribution in [0.5, 0.6) is 11.5 Å². The summed E-state index contributed by atoms with van der Waals surface area (Å²) < 4.78 is 57.1. The van der Waals surface area contributed by atoms with Gasteiger partial charge in [-0.15, -0.1) is 0 Å². The number of rotatable bonds is 10. The van der Waals surface area contributed by atoms with Crippen molar-refractivity contribution < 1.29 is 27.4 Å². The molecule has 1 saturated heterocycles. The largest absolute Gasteiger partial charge is 0.497 e. The smallest absolute Gasteiger partial charge is 0.417 e. The minimum atomic E-state index is -4.52. The van der Waals surface area contributed by atoms with E-state index in [0.717, 1.165) is 40.5 Å². The zero-order valence-corrected chi connectivity index (χ0v) is 27.6. The van der Waals surface area contributed by atoms with Gasteiger partial charge in [0.2, 0.25) is 11.9 Å². The monoisotopic (exact) mass is 684 g/mol. The Bertz CT molecular complexity index is 1870. The fourth-order valence-corrected chi connectivity index (χ4v) is 6.08. The second kappa shape index (κ2) is 14.2. The zero-order valence-electron chi connectivity index (χ0n) is 27.6. The molecule has 0 atom stereocenters. The predicted octanol–water partition coefficient (Wildman–Crippen LogP) is 6.10. The lowest BCUT2D eigenvalue weighted by Gasteiger charge is -2.28. The molecular weight excluding hydrogens is 649 g/mol. The third kappa shape index (κ3) is 7.10. The first-order valence-electron chi connectivity index (χ1n) is 16.2. The molecule has 0 saturated carbocycles. The predicted molar refractivity (Wildman–Crippen MR) is 182 cm³/mol. The number of alkyl halides is 3. The lowest BCUT2D eigenvalue weighted by Crippen LogP contribution is -2.37. The lowest BCUT2D eigenvalue weighted by atomic mass is 10.1. The lowest BCUT2D eigenvalue weighted by molar-refractivity contribution is -0.137. The quantitative estimate of drug-likeness (QED) is 0.171. The molecule has 2 aliphatic rings. The molecule has 2 aliphatic heterocycles. The molecule has 14 heteroatoms. The van der Waals surface area contributed by atoms with E-state index in [-0.39, 0.29) is 0 Å². The van der Waals surface area contributed by atoms with E-state index >= 15 is 0 Å². The molecule has 0 spiro atoms. The number of pyridine rings is 1. The Morgan fingerprint density at radius 2 is 1.42 bits per heavy atom. The van der Waals surface area contributed by atoms with Crippen molar-refractivity contribution in [1.82, 2.24) is 24.9 Å². The number of hydrogen-bond donors (Lipinski definition) is 0. The van der Waals surface area contributed by atoms with E-state index in [4.69, 9.17) is 34.1 Å². The van der Waals surface area contributed by atoms with Gasteiger partial charge in [-0.05, 0) is 47.9 Å². The number of anilines is 4. The fourth-order valence-electron chi connectivity index (χ4n) is 6.08. The third-order valence-electron chi connectivity index (χ3n) is 8.73. The molecule has 0 aliphatic carbocycles. The van der Waals surface area contributed by atoms with Gasteiger partial charge in [-0.25, -0.2) is 15.0 Å². The Morgan fingerprint density at radius 1 is 0.800 bits per heavy atom. The molecule has 7 rings (SSSR count). The van der Waals surface area contributed by atoms with Gasteiger partial charge in [-0.2, -0.15) is 18.2 Å². The number of ether oxygens (including phenoxy) is 3. The molecule has 50 heavy (non-hydrogen) atoms. The summed E-state index contributed by atoms with van der Waals surface area (Å²) in [5.41, 5.74) is 3.74. The molecule has 11 nitrogen and oxygen atoms in total. The Morgan fingerprint density at radius 3 is 2.00 bits per heavy atom. The fraction of sp³-hybridized carbons (Fsp3) is 0.306. The summed E-state index contributed by atoms with van der Waals surface area (Å²) in [6.07, 6.45) is 1.76. The Kier molecular flexibility index (Phi) is 9.35. The second-order valence-corrected chi connectivity index (χ2v) is 11.9. The van der Waals surface area contributed by atoms with Crippen molar-refractivity contribution in [2.45, 2.75) is 25.7 Å². The number of hydrogen-bond acceptors (Lipinski definition) is 11. The minimum Gasteiger partial charge on any atom is -0.497 e. The Labute approximate surface area is 287 Å². The first kappa shape index (κ1) is 33.0.